The van der Waals surface area contributed by atoms with E-state index < -0.39 is 5.97 Å². The number of pyridine rings is 2. The number of carbonyl (C=O) groups excluding carboxylic acids is 1. The first-order valence-electron chi connectivity index (χ1n) is 5.94. The molecule has 1 N–H and O–H groups in total. The number of hydrogen-bond acceptors (Lipinski definition) is 6. The Hall–Kier alpha value is -2.47. The van der Waals surface area contributed by atoms with Gasteiger partial charge in [-0.15, -0.1) is 0 Å². The van der Waals surface area contributed by atoms with Gasteiger partial charge in [0.25, 0.3) is 0 Å². The zero-order valence-corrected chi connectivity index (χ0v) is 10.9. The van der Waals surface area contributed by atoms with Crippen molar-refractivity contribution in [2.24, 2.45) is 0 Å². The van der Waals surface area contributed by atoms with Gasteiger partial charge in [0.05, 0.1) is 36.9 Å². The van der Waals surface area contributed by atoms with Crippen LogP contribution in [0.4, 0.5) is 0 Å². The summed E-state index contributed by atoms with van der Waals surface area (Å²) in [6.45, 7) is 0.165. The van der Waals surface area contributed by atoms with Gasteiger partial charge in [0.15, 0.2) is 0 Å². The second kappa shape index (κ2) is 6.63. The summed E-state index contributed by atoms with van der Waals surface area (Å²) in [5.41, 5.74) is 1.66. The van der Waals surface area contributed by atoms with E-state index in [1.165, 1.54) is 19.5 Å². The predicted octanol–water partition coefficient (Wildman–Crippen LogP) is 1.33. The molecule has 0 aliphatic carbocycles. The Labute approximate surface area is 116 Å². The highest BCUT2D eigenvalue weighted by Gasteiger charge is 2.05. The first-order chi connectivity index (χ1) is 9.72. The third-order valence-corrected chi connectivity index (χ3v) is 2.59. The third kappa shape index (κ3) is 3.52. The summed E-state index contributed by atoms with van der Waals surface area (Å²) < 4.78 is 10.1. The van der Waals surface area contributed by atoms with Crippen LogP contribution in [0.5, 0.6) is 5.75 Å². The van der Waals surface area contributed by atoms with E-state index in [0.717, 1.165) is 0 Å². The highest BCUT2D eigenvalue weighted by Crippen LogP contribution is 2.11. The van der Waals surface area contributed by atoms with Gasteiger partial charge in [0, 0.05) is 6.20 Å². The van der Waals surface area contributed by atoms with Crippen LogP contribution in [0.3, 0.4) is 0 Å². The van der Waals surface area contributed by atoms with Crippen LogP contribution < -0.4 is 4.74 Å². The van der Waals surface area contributed by atoms with E-state index in [9.17, 15) is 4.79 Å². The molecule has 0 bridgehead atoms. The van der Waals surface area contributed by atoms with E-state index in [1.54, 1.807) is 24.3 Å². The van der Waals surface area contributed by atoms with Gasteiger partial charge in [-0.1, -0.05) is 0 Å². The van der Waals surface area contributed by atoms with E-state index in [2.05, 4.69) is 14.7 Å². The molecule has 0 radical (unpaired) electrons. The molecule has 20 heavy (non-hydrogen) atoms. The van der Waals surface area contributed by atoms with Crippen LogP contribution in [0.1, 0.15) is 21.7 Å². The fraction of sp³-hybridized carbons (Fsp3) is 0.214. The average Bonchev–Trinajstić information content (AvgIpc) is 2.53. The number of rotatable bonds is 5. The van der Waals surface area contributed by atoms with E-state index in [0.29, 0.717) is 22.7 Å². The van der Waals surface area contributed by atoms with Gasteiger partial charge in [-0.3, -0.25) is 9.97 Å². The second-order valence-corrected chi connectivity index (χ2v) is 3.96. The van der Waals surface area contributed by atoms with Crippen molar-refractivity contribution in [2.45, 2.75) is 13.2 Å². The largest absolute Gasteiger partial charge is 0.486 e. The lowest BCUT2D eigenvalue weighted by Gasteiger charge is -2.06. The standard InChI is InChI=1S/C14H14N2O4/c1-19-14(18)10-2-3-12(15-6-10)9-20-13-5-4-11(8-17)16-7-13/h2-7,17H,8-9H2,1H3. The number of ether oxygens (including phenoxy) is 2. The maximum absolute atomic E-state index is 11.2. The smallest absolute Gasteiger partial charge is 0.339 e. The molecule has 0 amide bonds. The quantitative estimate of drug-likeness (QED) is 0.828. The zero-order chi connectivity index (χ0) is 14.4. The van der Waals surface area contributed by atoms with Gasteiger partial charge >= 0.3 is 5.97 Å². The maximum atomic E-state index is 11.2. The van der Waals surface area contributed by atoms with Gasteiger partial charge < -0.3 is 14.6 Å². The normalized spacial score (nSPS) is 10.1. The Balaban J connectivity index is 1.94. The van der Waals surface area contributed by atoms with Crippen LogP contribution in [0.25, 0.3) is 0 Å². The molecule has 0 fully saturated rings. The summed E-state index contributed by atoms with van der Waals surface area (Å²) in [4.78, 5) is 19.4. The molecule has 0 saturated carbocycles. The number of carbonyl (C=O) groups is 1. The minimum absolute atomic E-state index is 0.100. The first kappa shape index (κ1) is 14.0. The molecule has 0 aliphatic rings. The fourth-order valence-corrected chi connectivity index (χ4v) is 1.50. The van der Waals surface area contributed by atoms with Crippen LogP contribution in [0, 0.1) is 0 Å². The zero-order valence-electron chi connectivity index (χ0n) is 10.9. The summed E-state index contributed by atoms with van der Waals surface area (Å²) in [7, 11) is 1.32. The van der Waals surface area contributed by atoms with E-state index in [-0.39, 0.29) is 13.2 Å². The Kier molecular flexibility index (Phi) is 4.62. The summed E-state index contributed by atoms with van der Waals surface area (Å²) >= 11 is 0. The van der Waals surface area contributed by atoms with Crippen LogP contribution in [-0.4, -0.2) is 28.2 Å². The summed E-state index contributed by atoms with van der Waals surface area (Å²) in [6, 6.07) is 6.73. The van der Waals surface area contributed by atoms with Gasteiger partial charge in [-0.05, 0) is 24.3 Å². The Bertz CT molecular complexity index is 567. The van der Waals surface area contributed by atoms with E-state index >= 15 is 0 Å². The minimum atomic E-state index is -0.422. The molecule has 6 nitrogen and oxygen atoms in total. The Morgan fingerprint density at radius 1 is 1.15 bits per heavy atom. The van der Waals surface area contributed by atoms with Crippen molar-refractivity contribution in [2.75, 3.05) is 7.11 Å². The summed E-state index contributed by atoms with van der Waals surface area (Å²) in [5, 5.41) is 8.88. The number of aliphatic hydroxyl groups is 1. The van der Waals surface area contributed by atoms with Gasteiger partial charge in [-0.25, -0.2) is 4.79 Å². The average molecular weight is 274 g/mol. The molecule has 2 aromatic heterocycles. The van der Waals surface area contributed by atoms with Crippen molar-refractivity contribution >= 4 is 5.97 Å². The number of aliphatic hydroxyl groups excluding tert-OH is 1. The molecular formula is C14H14N2O4. The van der Waals surface area contributed by atoms with Gasteiger partial charge in [0.1, 0.15) is 12.4 Å². The lowest BCUT2D eigenvalue weighted by Crippen LogP contribution is -2.04. The molecule has 0 aliphatic heterocycles. The van der Waals surface area contributed by atoms with Crippen LogP contribution >= 0.6 is 0 Å². The topological polar surface area (TPSA) is 81.5 Å². The van der Waals surface area contributed by atoms with Crippen LogP contribution in [0.2, 0.25) is 0 Å². The number of hydrogen-bond donors (Lipinski definition) is 1. The first-order valence-corrected chi connectivity index (χ1v) is 5.94. The van der Waals surface area contributed by atoms with Crippen molar-refractivity contribution in [3.05, 3.63) is 53.6 Å². The lowest BCUT2D eigenvalue weighted by molar-refractivity contribution is 0.0600. The van der Waals surface area contributed by atoms with E-state index in [4.69, 9.17) is 9.84 Å². The summed E-state index contributed by atoms with van der Waals surface area (Å²) in [5.74, 6) is 0.162. The summed E-state index contributed by atoms with van der Waals surface area (Å²) in [6.07, 6.45) is 2.98. The second-order valence-electron chi connectivity index (χ2n) is 3.96. The third-order valence-electron chi connectivity index (χ3n) is 2.59. The molecule has 6 heteroatoms. The van der Waals surface area contributed by atoms with Crippen molar-refractivity contribution in [3.63, 3.8) is 0 Å². The molecule has 0 aromatic carbocycles. The fourth-order valence-electron chi connectivity index (χ4n) is 1.50. The monoisotopic (exact) mass is 274 g/mol. The Morgan fingerprint density at radius 2 is 1.90 bits per heavy atom. The number of methoxy groups -OCH3 is 1. The van der Waals surface area contributed by atoms with Crippen LogP contribution in [-0.2, 0) is 18.0 Å². The SMILES string of the molecule is COC(=O)c1ccc(COc2ccc(CO)nc2)nc1. The van der Waals surface area contributed by atoms with Crippen molar-refractivity contribution < 1.29 is 19.4 Å². The molecule has 2 aromatic rings. The molecular weight excluding hydrogens is 260 g/mol. The van der Waals surface area contributed by atoms with Gasteiger partial charge in [-0.2, -0.15) is 0 Å². The van der Waals surface area contributed by atoms with Gasteiger partial charge in [0.2, 0.25) is 0 Å². The van der Waals surface area contributed by atoms with E-state index in [1.807, 2.05) is 0 Å². The molecule has 0 atom stereocenters. The van der Waals surface area contributed by atoms with Crippen molar-refractivity contribution in [1.82, 2.24) is 9.97 Å². The molecule has 0 unspecified atom stereocenters. The minimum Gasteiger partial charge on any atom is -0.486 e. The number of aromatic nitrogens is 2. The highest BCUT2D eigenvalue weighted by molar-refractivity contribution is 5.88. The lowest BCUT2D eigenvalue weighted by atomic mass is 10.2. The van der Waals surface area contributed by atoms with Crippen molar-refractivity contribution in [1.29, 1.82) is 0 Å². The predicted molar refractivity (Wildman–Crippen MR) is 70.1 cm³/mol. The Morgan fingerprint density at radius 3 is 2.45 bits per heavy atom. The van der Waals surface area contributed by atoms with Crippen molar-refractivity contribution in [3.8, 4) is 5.75 Å². The number of esters is 1. The van der Waals surface area contributed by atoms with Crippen LogP contribution in [0.15, 0.2) is 36.7 Å². The molecule has 0 saturated heterocycles. The molecule has 0 spiro atoms. The maximum Gasteiger partial charge on any atom is 0.339 e. The molecule has 104 valence electrons. The molecule has 2 heterocycles. The highest BCUT2D eigenvalue weighted by atomic mass is 16.5. The number of nitrogens with zero attached hydrogens (tertiary/aromatic N) is 2. The molecule has 2 rings (SSSR count).